The fourth-order valence-corrected chi connectivity index (χ4v) is 2.00. The van der Waals surface area contributed by atoms with Crippen molar-refractivity contribution in [1.29, 1.82) is 0 Å². The van der Waals surface area contributed by atoms with Gasteiger partial charge in [0.25, 0.3) is 0 Å². The van der Waals surface area contributed by atoms with Crippen molar-refractivity contribution in [2.24, 2.45) is 0 Å². The normalized spacial score (nSPS) is 13.1. The van der Waals surface area contributed by atoms with Crippen LogP contribution in [-0.4, -0.2) is 16.2 Å². The number of aryl methyl sites for hydroxylation is 1. The van der Waals surface area contributed by atoms with Gasteiger partial charge in [-0.2, -0.15) is 0 Å². The molecule has 1 aromatic rings. The second-order valence-electron chi connectivity index (χ2n) is 3.30. The number of nitrogens with zero attached hydrogens (tertiary/aromatic N) is 1. The summed E-state index contributed by atoms with van der Waals surface area (Å²) in [6.07, 6.45) is 6.87. The zero-order valence-electron chi connectivity index (χ0n) is 8.07. The number of aliphatic hydroxyl groups excluding tert-OH is 1. The summed E-state index contributed by atoms with van der Waals surface area (Å²) in [4.78, 5) is 5.34. The van der Waals surface area contributed by atoms with Crippen molar-refractivity contribution in [2.45, 2.75) is 45.1 Å². The van der Waals surface area contributed by atoms with Crippen LogP contribution < -0.4 is 0 Å². The third-order valence-corrected chi connectivity index (χ3v) is 2.91. The van der Waals surface area contributed by atoms with Crippen LogP contribution in [0.2, 0.25) is 0 Å². The van der Waals surface area contributed by atoms with Gasteiger partial charge in [-0.05, 0) is 25.7 Å². The number of aromatic nitrogens is 1. The van der Waals surface area contributed by atoms with E-state index in [1.165, 1.54) is 4.88 Å². The number of hydrogen-bond acceptors (Lipinski definition) is 3. The topological polar surface area (TPSA) is 33.1 Å². The highest BCUT2D eigenvalue weighted by molar-refractivity contribution is 7.09. The van der Waals surface area contributed by atoms with Crippen LogP contribution in [0.1, 0.15) is 37.5 Å². The average molecular weight is 199 g/mol. The van der Waals surface area contributed by atoms with E-state index < -0.39 is 0 Å². The van der Waals surface area contributed by atoms with Gasteiger partial charge in [0.1, 0.15) is 0 Å². The predicted octanol–water partition coefficient (Wildman–Crippen LogP) is 2.63. The first-order chi connectivity index (χ1) is 6.33. The Labute approximate surface area is 83.6 Å². The Bertz CT molecular complexity index is 211. The minimum atomic E-state index is -0.0991. The molecule has 1 unspecified atom stereocenters. The molecular formula is C10H17NOS. The van der Waals surface area contributed by atoms with Gasteiger partial charge in [0.2, 0.25) is 0 Å². The van der Waals surface area contributed by atoms with Crippen LogP contribution in [0.25, 0.3) is 0 Å². The molecule has 3 heteroatoms. The fourth-order valence-electron chi connectivity index (χ4n) is 1.36. The summed E-state index contributed by atoms with van der Waals surface area (Å²) in [5, 5.41) is 9.47. The van der Waals surface area contributed by atoms with Crippen molar-refractivity contribution in [3.05, 3.63) is 16.6 Å². The van der Waals surface area contributed by atoms with E-state index in [-0.39, 0.29) is 6.10 Å². The highest BCUT2D eigenvalue weighted by atomic mass is 32.1. The lowest BCUT2D eigenvalue weighted by atomic mass is 10.1. The first-order valence-corrected chi connectivity index (χ1v) is 5.76. The Kier molecular flexibility index (Phi) is 5.01. The Balaban J connectivity index is 2.07. The first kappa shape index (κ1) is 10.7. The molecule has 1 aromatic heterocycles. The van der Waals surface area contributed by atoms with Gasteiger partial charge in [-0.1, -0.05) is 13.3 Å². The molecule has 1 heterocycles. The lowest BCUT2D eigenvalue weighted by Crippen LogP contribution is -2.05. The van der Waals surface area contributed by atoms with Crippen LogP contribution in [0.3, 0.4) is 0 Å². The standard InChI is InChI=1S/C10H17NOS/c1-2-4-9(12)5-3-6-10-7-11-8-13-10/h7-9,12H,2-6H2,1H3. The second kappa shape index (κ2) is 6.11. The summed E-state index contributed by atoms with van der Waals surface area (Å²) in [7, 11) is 0. The Hall–Kier alpha value is -0.410. The monoisotopic (exact) mass is 199 g/mol. The molecule has 0 bridgehead atoms. The van der Waals surface area contributed by atoms with Crippen LogP contribution in [-0.2, 0) is 6.42 Å². The number of thiazole rings is 1. The first-order valence-electron chi connectivity index (χ1n) is 4.88. The molecular weight excluding hydrogens is 182 g/mol. The maximum absolute atomic E-state index is 9.47. The Morgan fingerprint density at radius 2 is 2.38 bits per heavy atom. The summed E-state index contributed by atoms with van der Waals surface area (Å²) in [5.74, 6) is 0. The molecule has 1 N–H and O–H groups in total. The van der Waals surface area contributed by atoms with Gasteiger partial charge in [0.15, 0.2) is 0 Å². The van der Waals surface area contributed by atoms with E-state index in [4.69, 9.17) is 0 Å². The minimum absolute atomic E-state index is 0.0991. The maximum atomic E-state index is 9.47. The summed E-state index contributed by atoms with van der Waals surface area (Å²) in [6.45, 7) is 2.10. The molecule has 13 heavy (non-hydrogen) atoms. The number of aliphatic hydroxyl groups is 1. The predicted molar refractivity (Wildman–Crippen MR) is 56.0 cm³/mol. The molecule has 0 aromatic carbocycles. The molecule has 74 valence electrons. The Morgan fingerprint density at radius 1 is 1.54 bits per heavy atom. The lowest BCUT2D eigenvalue weighted by Gasteiger charge is -2.07. The molecule has 0 fully saturated rings. The molecule has 0 aliphatic rings. The molecule has 0 aliphatic heterocycles. The smallest absolute Gasteiger partial charge is 0.0794 e. The van der Waals surface area contributed by atoms with Crippen molar-refractivity contribution in [3.8, 4) is 0 Å². The van der Waals surface area contributed by atoms with E-state index >= 15 is 0 Å². The molecule has 0 saturated heterocycles. The highest BCUT2D eigenvalue weighted by Gasteiger charge is 2.02. The van der Waals surface area contributed by atoms with Crippen molar-refractivity contribution in [2.75, 3.05) is 0 Å². The number of rotatable bonds is 6. The van der Waals surface area contributed by atoms with Gasteiger partial charge in [-0.3, -0.25) is 4.98 Å². The van der Waals surface area contributed by atoms with Crippen molar-refractivity contribution >= 4 is 11.3 Å². The van der Waals surface area contributed by atoms with E-state index in [9.17, 15) is 5.11 Å². The molecule has 0 saturated carbocycles. The fraction of sp³-hybridized carbons (Fsp3) is 0.700. The molecule has 0 amide bonds. The van der Waals surface area contributed by atoms with Crippen molar-refractivity contribution < 1.29 is 5.11 Å². The largest absolute Gasteiger partial charge is 0.393 e. The average Bonchev–Trinajstić information content (AvgIpc) is 2.57. The van der Waals surface area contributed by atoms with Gasteiger partial charge >= 0.3 is 0 Å². The van der Waals surface area contributed by atoms with E-state index in [1.54, 1.807) is 11.3 Å². The zero-order chi connectivity index (χ0) is 9.52. The molecule has 0 radical (unpaired) electrons. The van der Waals surface area contributed by atoms with Gasteiger partial charge < -0.3 is 5.11 Å². The van der Waals surface area contributed by atoms with Crippen molar-refractivity contribution in [1.82, 2.24) is 4.98 Å². The van der Waals surface area contributed by atoms with E-state index in [0.29, 0.717) is 0 Å². The van der Waals surface area contributed by atoms with Crippen LogP contribution >= 0.6 is 11.3 Å². The summed E-state index contributed by atoms with van der Waals surface area (Å²) < 4.78 is 0. The lowest BCUT2D eigenvalue weighted by molar-refractivity contribution is 0.151. The zero-order valence-corrected chi connectivity index (χ0v) is 8.89. The summed E-state index contributed by atoms with van der Waals surface area (Å²) >= 11 is 1.70. The number of hydrogen-bond donors (Lipinski definition) is 1. The molecule has 0 aliphatic carbocycles. The Morgan fingerprint density at radius 3 is 3.00 bits per heavy atom. The van der Waals surface area contributed by atoms with Gasteiger partial charge in [0, 0.05) is 11.1 Å². The van der Waals surface area contributed by atoms with Crippen LogP contribution in [0.4, 0.5) is 0 Å². The molecule has 1 atom stereocenters. The second-order valence-corrected chi connectivity index (χ2v) is 4.27. The SMILES string of the molecule is CCCC(O)CCCc1cncs1. The molecule has 1 rings (SSSR count). The van der Waals surface area contributed by atoms with Crippen molar-refractivity contribution in [3.63, 3.8) is 0 Å². The summed E-state index contributed by atoms with van der Waals surface area (Å²) in [6, 6.07) is 0. The van der Waals surface area contributed by atoms with Crippen LogP contribution in [0, 0.1) is 0 Å². The quantitative estimate of drug-likeness (QED) is 0.764. The minimum Gasteiger partial charge on any atom is -0.393 e. The van der Waals surface area contributed by atoms with E-state index in [1.807, 2.05) is 11.7 Å². The third kappa shape index (κ3) is 4.39. The van der Waals surface area contributed by atoms with Gasteiger partial charge in [-0.15, -0.1) is 11.3 Å². The maximum Gasteiger partial charge on any atom is 0.0794 e. The van der Waals surface area contributed by atoms with E-state index in [2.05, 4.69) is 11.9 Å². The highest BCUT2D eigenvalue weighted by Crippen LogP contribution is 2.12. The third-order valence-electron chi connectivity index (χ3n) is 2.07. The molecule has 0 spiro atoms. The van der Waals surface area contributed by atoms with Gasteiger partial charge in [-0.25, -0.2) is 0 Å². The summed E-state index contributed by atoms with van der Waals surface area (Å²) in [5.41, 5.74) is 1.86. The van der Waals surface area contributed by atoms with Crippen LogP contribution in [0.5, 0.6) is 0 Å². The van der Waals surface area contributed by atoms with Gasteiger partial charge in [0.05, 0.1) is 11.6 Å². The van der Waals surface area contributed by atoms with Crippen LogP contribution in [0.15, 0.2) is 11.7 Å². The van der Waals surface area contributed by atoms with E-state index in [0.717, 1.165) is 32.1 Å². The molecule has 2 nitrogen and oxygen atoms in total.